The summed E-state index contributed by atoms with van der Waals surface area (Å²) in [6, 6.07) is 4.62. The van der Waals surface area contributed by atoms with Crippen LogP contribution in [-0.2, 0) is 24.3 Å². The number of rotatable bonds is 16. The number of amides is 1. The van der Waals surface area contributed by atoms with E-state index in [1.54, 1.807) is 17.1 Å². The number of carbonyl (C=O) groups excluding carboxylic acids is 3. The van der Waals surface area contributed by atoms with Crippen molar-refractivity contribution in [1.29, 1.82) is 0 Å². The maximum Gasteiger partial charge on any atom is 0.410 e. The van der Waals surface area contributed by atoms with Gasteiger partial charge in [-0.3, -0.25) is 0 Å². The predicted molar refractivity (Wildman–Crippen MR) is 185 cm³/mol. The van der Waals surface area contributed by atoms with E-state index >= 15 is 0 Å². The largest absolute Gasteiger partial charge is 0.442 e. The van der Waals surface area contributed by atoms with Crippen molar-refractivity contribution in [2.24, 2.45) is 17.8 Å². The van der Waals surface area contributed by atoms with E-state index in [1.807, 2.05) is 44.9 Å². The highest BCUT2D eigenvalue weighted by molar-refractivity contribution is 7.92. The fourth-order valence-corrected chi connectivity index (χ4v) is 6.83. The lowest BCUT2D eigenvalue weighted by Gasteiger charge is -2.35. The quantitative estimate of drug-likeness (QED) is 0.203. The summed E-state index contributed by atoms with van der Waals surface area (Å²) in [6.45, 7) is 12.9. The number of halogens is 1. The van der Waals surface area contributed by atoms with Crippen LogP contribution >= 0.6 is 0 Å². The molecule has 13 heteroatoms. The second-order valence-corrected chi connectivity index (χ2v) is 14.8. The third kappa shape index (κ3) is 11.4. The minimum atomic E-state index is -3.52. The van der Waals surface area contributed by atoms with Crippen LogP contribution in [0.5, 0.6) is 0 Å². The standard InChI is InChI=1S/C35H51FN4O7S/c1-6-48(45,46)40-18-16-38(17-19-40)31-23-29(22-30(36)24-31)21-28(4)33(25-42)26(2)8-10-34(27(3)7-9-32(43)11-20-41)47-35(44)39-14-12-37(5)13-15-39/h6,8,10,20-27,32-34,43H,1,7,9,11-19H2,2-5H3/b10-8+,28-21+/t26-,27-,32+,33-,34-/m0/s1. The molecule has 0 unspecified atom stereocenters. The molecule has 1 aromatic carbocycles. The summed E-state index contributed by atoms with van der Waals surface area (Å²) in [6.07, 6.45) is 6.10. The van der Waals surface area contributed by atoms with Crippen molar-refractivity contribution < 1.29 is 37.0 Å². The van der Waals surface area contributed by atoms with Gasteiger partial charge in [0.15, 0.2) is 0 Å². The Hall–Kier alpha value is -3.39. The summed E-state index contributed by atoms with van der Waals surface area (Å²) in [5, 5.41) is 11.0. The Morgan fingerprint density at radius 1 is 1.02 bits per heavy atom. The third-order valence-electron chi connectivity index (χ3n) is 9.20. The maximum absolute atomic E-state index is 14.8. The van der Waals surface area contributed by atoms with Gasteiger partial charge in [-0.2, -0.15) is 4.31 Å². The molecule has 0 spiro atoms. The summed E-state index contributed by atoms with van der Waals surface area (Å²) < 4.78 is 46.3. The summed E-state index contributed by atoms with van der Waals surface area (Å²) in [5.41, 5.74) is 1.92. The molecule has 1 amide bonds. The van der Waals surface area contributed by atoms with Crippen LogP contribution in [0.1, 0.15) is 45.6 Å². The molecular weight excluding hydrogens is 639 g/mol. The summed E-state index contributed by atoms with van der Waals surface area (Å²) >= 11 is 0. The molecule has 11 nitrogen and oxygen atoms in total. The molecule has 2 fully saturated rings. The molecule has 0 radical (unpaired) electrons. The van der Waals surface area contributed by atoms with E-state index in [-0.39, 0.29) is 31.3 Å². The van der Waals surface area contributed by atoms with Gasteiger partial charge in [-0.15, -0.1) is 0 Å². The molecule has 0 aliphatic carbocycles. The first kappa shape index (κ1) is 39.1. The average molecular weight is 691 g/mol. The first-order valence-corrected chi connectivity index (χ1v) is 18.0. The Bertz CT molecular complexity index is 1420. The molecule has 0 bridgehead atoms. The summed E-state index contributed by atoms with van der Waals surface area (Å²) in [5.74, 6) is -1.44. The fraction of sp³-hybridized carbons (Fsp3) is 0.571. The van der Waals surface area contributed by atoms with Crippen LogP contribution in [0, 0.1) is 23.6 Å². The highest BCUT2D eigenvalue weighted by Crippen LogP contribution is 2.27. The fourth-order valence-electron chi connectivity index (χ4n) is 5.95. The van der Waals surface area contributed by atoms with Gasteiger partial charge >= 0.3 is 6.09 Å². The molecule has 2 heterocycles. The Morgan fingerprint density at radius 3 is 2.29 bits per heavy atom. The van der Waals surface area contributed by atoms with E-state index in [4.69, 9.17) is 4.74 Å². The Balaban J connectivity index is 1.74. The molecule has 2 aliphatic heterocycles. The zero-order valence-corrected chi connectivity index (χ0v) is 29.4. The molecule has 1 aromatic rings. The highest BCUT2D eigenvalue weighted by atomic mass is 32.2. The second kappa shape index (κ2) is 18.4. The number of anilines is 1. The van der Waals surface area contributed by atoms with Gasteiger partial charge in [0.05, 0.1) is 6.10 Å². The van der Waals surface area contributed by atoms with Gasteiger partial charge in [0.25, 0.3) is 0 Å². The van der Waals surface area contributed by atoms with E-state index < -0.39 is 40.1 Å². The van der Waals surface area contributed by atoms with E-state index in [0.717, 1.165) is 30.4 Å². The number of nitrogens with zero attached hydrogens (tertiary/aromatic N) is 4. The lowest BCUT2D eigenvalue weighted by atomic mass is 9.86. The van der Waals surface area contributed by atoms with Crippen LogP contribution in [0.4, 0.5) is 14.9 Å². The van der Waals surface area contributed by atoms with Crippen molar-refractivity contribution in [3.63, 3.8) is 0 Å². The monoisotopic (exact) mass is 690 g/mol. The van der Waals surface area contributed by atoms with Crippen molar-refractivity contribution in [3.05, 3.63) is 59.3 Å². The van der Waals surface area contributed by atoms with Crippen LogP contribution in [0.2, 0.25) is 0 Å². The van der Waals surface area contributed by atoms with Crippen molar-refractivity contribution in [2.75, 3.05) is 64.3 Å². The van der Waals surface area contributed by atoms with Gasteiger partial charge in [-0.05, 0) is 68.5 Å². The van der Waals surface area contributed by atoms with Gasteiger partial charge in [0.1, 0.15) is 24.5 Å². The van der Waals surface area contributed by atoms with Crippen LogP contribution in [0.15, 0.2) is 47.9 Å². The Kier molecular flexibility index (Phi) is 15.0. The van der Waals surface area contributed by atoms with Crippen LogP contribution in [0.25, 0.3) is 6.08 Å². The van der Waals surface area contributed by atoms with E-state index in [2.05, 4.69) is 11.5 Å². The van der Waals surface area contributed by atoms with Crippen molar-refractivity contribution in [2.45, 2.75) is 52.2 Å². The van der Waals surface area contributed by atoms with E-state index in [9.17, 15) is 32.3 Å². The molecular formula is C35H51FN4O7S. The number of piperazine rings is 2. The van der Waals surface area contributed by atoms with E-state index in [1.165, 1.54) is 16.4 Å². The smallest absolute Gasteiger partial charge is 0.410 e. The van der Waals surface area contributed by atoms with Crippen molar-refractivity contribution >= 4 is 40.5 Å². The first-order chi connectivity index (χ1) is 22.8. The van der Waals surface area contributed by atoms with Crippen LogP contribution in [0.3, 0.4) is 0 Å². The topological polar surface area (TPSA) is 128 Å². The van der Waals surface area contributed by atoms with Crippen molar-refractivity contribution in [3.8, 4) is 0 Å². The SMILES string of the molecule is C=CS(=O)(=O)N1CCN(c2cc(F)cc(/C=C(\C)[C@@H](C=O)[C@@H](C)/C=C/[C@H](OC(=O)N3CCN(C)CC3)[C@@H](C)CC[C@@H](O)CC=O)c2)CC1. The number of aliphatic hydroxyl groups excluding tert-OH is 1. The number of sulfonamides is 1. The van der Waals surface area contributed by atoms with Gasteiger partial charge in [-0.1, -0.05) is 38.2 Å². The molecule has 0 aromatic heterocycles. The molecule has 2 saturated heterocycles. The zero-order chi connectivity index (χ0) is 35.4. The number of likely N-dealkylation sites (N-methyl/N-ethyl adjacent to an activating group) is 1. The van der Waals surface area contributed by atoms with Gasteiger partial charge in [0.2, 0.25) is 10.0 Å². The van der Waals surface area contributed by atoms with Crippen LogP contribution < -0.4 is 4.90 Å². The Labute approximate surface area is 284 Å². The molecule has 3 rings (SSSR count). The van der Waals surface area contributed by atoms with E-state index in [0.29, 0.717) is 56.6 Å². The number of hydrogen-bond acceptors (Lipinski definition) is 9. The van der Waals surface area contributed by atoms with Gasteiger partial charge < -0.3 is 34.1 Å². The summed E-state index contributed by atoms with van der Waals surface area (Å²) in [7, 11) is -1.52. The number of allylic oxidation sites excluding steroid dienone is 2. The number of hydrogen-bond donors (Lipinski definition) is 1. The zero-order valence-electron chi connectivity index (χ0n) is 28.5. The molecule has 0 saturated carbocycles. The van der Waals surface area contributed by atoms with Gasteiger partial charge in [0, 0.05) is 75.8 Å². The second-order valence-electron chi connectivity index (χ2n) is 12.9. The lowest BCUT2D eigenvalue weighted by molar-refractivity contribution is -0.111. The molecule has 2 aliphatic rings. The predicted octanol–water partition coefficient (Wildman–Crippen LogP) is 3.95. The number of benzene rings is 1. The number of aldehydes is 2. The number of ether oxygens (including phenoxy) is 1. The minimum absolute atomic E-state index is 0.0431. The van der Waals surface area contributed by atoms with Gasteiger partial charge in [-0.25, -0.2) is 17.6 Å². The number of aliphatic hydroxyl groups is 1. The first-order valence-electron chi connectivity index (χ1n) is 16.5. The number of carbonyl (C=O) groups is 3. The minimum Gasteiger partial charge on any atom is -0.442 e. The maximum atomic E-state index is 14.8. The normalized spacial score (nSPS) is 20.2. The highest BCUT2D eigenvalue weighted by Gasteiger charge is 2.27. The molecule has 266 valence electrons. The lowest BCUT2D eigenvalue weighted by Crippen LogP contribution is -2.48. The molecule has 48 heavy (non-hydrogen) atoms. The average Bonchev–Trinajstić information content (AvgIpc) is 3.06. The third-order valence-corrected chi connectivity index (χ3v) is 10.7. The molecule has 1 N–H and O–H groups in total. The Morgan fingerprint density at radius 2 is 1.69 bits per heavy atom. The van der Waals surface area contributed by atoms with Crippen LogP contribution in [-0.4, -0.2) is 118 Å². The van der Waals surface area contributed by atoms with Crippen molar-refractivity contribution in [1.82, 2.24) is 14.1 Å². The summed E-state index contributed by atoms with van der Waals surface area (Å²) in [4.78, 5) is 42.0. The molecule has 5 atom stereocenters.